The molecule has 2 saturated heterocycles. The maximum atomic E-state index is 5.51. The van der Waals surface area contributed by atoms with Gasteiger partial charge in [-0.15, -0.1) is 0 Å². The number of aryl methyl sites for hydroxylation is 1. The van der Waals surface area contributed by atoms with Crippen LogP contribution in [0.2, 0.25) is 0 Å². The van der Waals surface area contributed by atoms with Gasteiger partial charge in [0.15, 0.2) is 0 Å². The fourth-order valence-electron chi connectivity index (χ4n) is 3.33. The standard InChI is InChI=1S/C15H22N2O/c1-12-3-4-14(18-2)13(9-12)17-8-6-15(11-17)5-7-16-10-15/h3-4,9,16H,5-8,10-11H2,1-2H3. The molecule has 0 radical (unpaired) electrons. The lowest BCUT2D eigenvalue weighted by atomic mass is 9.86. The Morgan fingerprint density at radius 3 is 2.94 bits per heavy atom. The Bertz CT molecular complexity index is 438. The predicted molar refractivity (Wildman–Crippen MR) is 74.5 cm³/mol. The van der Waals surface area contributed by atoms with E-state index >= 15 is 0 Å². The number of ether oxygens (including phenoxy) is 1. The second-order valence-electron chi connectivity index (χ2n) is 5.77. The Hall–Kier alpha value is -1.22. The zero-order valence-electron chi connectivity index (χ0n) is 11.3. The molecule has 2 aliphatic rings. The van der Waals surface area contributed by atoms with Gasteiger partial charge in [0.05, 0.1) is 12.8 Å². The molecular weight excluding hydrogens is 224 g/mol. The highest BCUT2D eigenvalue weighted by molar-refractivity contribution is 5.61. The maximum Gasteiger partial charge on any atom is 0.142 e. The number of nitrogens with one attached hydrogen (secondary N) is 1. The van der Waals surface area contributed by atoms with Crippen molar-refractivity contribution in [2.24, 2.45) is 5.41 Å². The van der Waals surface area contributed by atoms with E-state index < -0.39 is 0 Å². The molecule has 3 heteroatoms. The molecule has 0 amide bonds. The van der Waals surface area contributed by atoms with Crippen molar-refractivity contribution >= 4 is 5.69 Å². The molecule has 2 aliphatic heterocycles. The minimum Gasteiger partial charge on any atom is -0.495 e. The Balaban J connectivity index is 1.85. The third-order valence-electron chi connectivity index (χ3n) is 4.45. The van der Waals surface area contributed by atoms with Crippen molar-refractivity contribution in [2.75, 3.05) is 38.2 Å². The van der Waals surface area contributed by atoms with Crippen LogP contribution in [0.5, 0.6) is 5.75 Å². The lowest BCUT2D eigenvalue weighted by Crippen LogP contribution is -2.29. The molecule has 1 aromatic carbocycles. The lowest BCUT2D eigenvalue weighted by molar-refractivity contribution is 0.368. The first-order valence-corrected chi connectivity index (χ1v) is 6.83. The zero-order valence-corrected chi connectivity index (χ0v) is 11.3. The van der Waals surface area contributed by atoms with Crippen LogP contribution in [0.25, 0.3) is 0 Å². The first-order chi connectivity index (χ1) is 8.72. The van der Waals surface area contributed by atoms with Gasteiger partial charge in [-0.05, 0) is 44.0 Å². The van der Waals surface area contributed by atoms with Crippen LogP contribution in [0.3, 0.4) is 0 Å². The first kappa shape index (κ1) is 11.8. The van der Waals surface area contributed by atoms with E-state index in [1.165, 1.54) is 43.7 Å². The number of rotatable bonds is 2. The van der Waals surface area contributed by atoms with Crippen LogP contribution in [0.1, 0.15) is 18.4 Å². The molecule has 18 heavy (non-hydrogen) atoms. The van der Waals surface area contributed by atoms with Crippen LogP contribution in [-0.2, 0) is 0 Å². The average Bonchev–Trinajstić information content (AvgIpc) is 3.00. The van der Waals surface area contributed by atoms with E-state index in [0.717, 1.165) is 12.3 Å². The molecule has 1 N–H and O–H groups in total. The van der Waals surface area contributed by atoms with E-state index in [0.29, 0.717) is 5.41 Å². The average molecular weight is 246 g/mol. The molecule has 98 valence electrons. The van der Waals surface area contributed by atoms with E-state index in [-0.39, 0.29) is 0 Å². The number of anilines is 1. The summed E-state index contributed by atoms with van der Waals surface area (Å²) in [4.78, 5) is 2.50. The monoisotopic (exact) mass is 246 g/mol. The minimum absolute atomic E-state index is 0.509. The smallest absolute Gasteiger partial charge is 0.142 e. The number of methoxy groups -OCH3 is 1. The van der Waals surface area contributed by atoms with Gasteiger partial charge in [-0.2, -0.15) is 0 Å². The summed E-state index contributed by atoms with van der Waals surface area (Å²) in [6.07, 6.45) is 2.62. The number of benzene rings is 1. The number of hydrogen-bond donors (Lipinski definition) is 1. The zero-order chi connectivity index (χ0) is 12.6. The van der Waals surface area contributed by atoms with Crippen molar-refractivity contribution in [3.8, 4) is 5.75 Å². The second kappa shape index (κ2) is 4.47. The van der Waals surface area contributed by atoms with Gasteiger partial charge >= 0.3 is 0 Å². The first-order valence-electron chi connectivity index (χ1n) is 6.83. The molecule has 1 spiro atoms. The van der Waals surface area contributed by atoms with Crippen molar-refractivity contribution in [3.05, 3.63) is 23.8 Å². The van der Waals surface area contributed by atoms with Crippen LogP contribution in [0, 0.1) is 12.3 Å². The van der Waals surface area contributed by atoms with Gasteiger partial charge in [-0.25, -0.2) is 0 Å². The van der Waals surface area contributed by atoms with Gasteiger partial charge in [0.2, 0.25) is 0 Å². The number of hydrogen-bond acceptors (Lipinski definition) is 3. The molecule has 0 bridgehead atoms. The van der Waals surface area contributed by atoms with Crippen molar-refractivity contribution in [1.29, 1.82) is 0 Å². The highest BCUT2D eigenvalue weighted by Crippen LogP contribution is 2.41. The SMILES string of the molecule is COc1ccc(C)cc1N1CCC2(CCNC2)C1. The summed E-state index contributed by atoms with van der Waals surface area (Å²) in [5.41, 5.74) is 3.08. The van der Waals surface area contributed by atoms with Gasteiger partial charge in [0, 0.05) is 25.0 Å². The van der Waals surface area contributed by atoms with Crippen LogP contribution >= 0.6 is 0 Å². The van der Waals surface area contributed by atoms with Crippen LogP contribution in [0.15, 0.2) is 18.2 Å². The van der Waals surface area contributed by atoms with Gasteiger partial charge in [0.1, 0.15) is 5.75 Å². The van der Waals surface area contributed by atoms with Crippen LogP contribution < -0.4 is 15.0 Å². The van der Waals surface area contributed by atoms with Crippen molar-refractivity contribution < 1.29 is 4.74 Å². The molecule has 1 unspecified atom stereocenters. The van der Waals surface area contributed by atoms with E-state index in [9.17, 15) is 0 Å². The van der Waals surface area contributed by atoms with Crippen molar-refractivity contribution in [3.63, 3.8) is 0 Å². The van der Waals surface area contributed by atoms with Crippen molar-refractivity contribution in [2.45, 2.75) is 19.8 Å². The lowest BCUT2D eigenvalue weighted by Gasteiger charge is -2.25. The molecular formula is C15H22N2O. The minimum atomic E-state index is 0.509. The quantitative estimate of drug-likeness (QED) is 0.865. The highest BCUT2D eigenvalue weighted by Gasteiger charge is 2.40. The van der Waals surface area contributed by atoms with Crippen molar-refractivity contribution in [1.82, 2.24) is 5.32 Å². The summed E-state index contributed by atoms with van der Waals surface area (Å²) in [6, 6.07) is 6.45. The van der Waals surface area contributed by atoms with E-state index in [4.69, 9.17) is 4.74 Å². The summed E-state index contributed by atoms with van der Waals surface area (Å²) in [5, 5.41) is 3.51. The molecule has 0 aromatic heterocycles. The maximum absolute atomic E-state index is 5.51. The fourth-order valence-corrected chi connectivity index (χ4v) is 3.33. The largest absolute Gasteiger partial charge is 0.495 e. The molecule has 2 fully saturated rings. The molecule has 1 aromatic rings. The third kappa shape index (κ3) is 1.97. The third-order valence-corrected chi connectivity index (χ3v) is 4.45. The molecule has 3 nitrogen and oxygen atoms in total. The molecule has 2 heterocycles. The Morgan fingerprint density at radius 1 is 1.33 bits per heavy atom. The summed E-state index contributed by atoms with van der Waals surface area (Å²) in [7, 11) is 1.76. The fraction of sp³-hybridized carbons (Fsp3) is 0.600. The summed E-state index contributed by atoms with van der Waals surface area (Å²) in [6.45, 7) is 6.82. The Labute approximate surface area is 109 Å². The highest BCUT2D eigenvalue weighted by atomic mass is 16.5. The Kier molecular flexibility index (Phi) is 2.94. The normalized spacial score (nSPS) is 27.1. The van der Waals surface area contributed by atoms with Gasteiger partial charge in [-0.1, -0.05) is 6.07 Å². The predicted octanol–water partition coefficient (Wildman–Crippen LogP) is 2.19. The van der Waals surface area contributed by atoms with E-state index in [1.807, 2.05) is 0 Å². The summed E-state index contributed by atoms with van der Waals surface area (Å²) in [5.74, 6) is 1.00. The van der Waals surface area contributed by atoms with Crippen LogP contribution in [0.4, 0.5) is 5.69 Å². The summed E-state index contributed by atoms with van der Waals surface area (Å²) >= 11 is 0. The number of nitrogens with zero attached hydrogens (tertiary/aromatic N) is 1. The topological polar surface area (TPSA) is 24.5 Å². The summed E-state index contributed by atoms with van der Waals surface area (Å²) < 4.78 is 5.51. The molecule has 0 aliphatic carbocycles. The second-order valence-corrected chi connectivity index (χ2v) is 5.77. The molecule has 3 rings (SSSR count). The van der Waals surface area contributed by atoms with Gasteiger partial charge in [0.25, 0.3) is 0 Å². The van der Waals surface area contributed by atoms with Gasteiger partial charge in [-0.3, -0.25) is 0 Å². The molecule has 0 saturated carbocycles. The van der Waals surface area contributed by atoms with Gasteiger partial charge < -0.3 is 15.0 Å². The van der Waals surface area contributed by atoms with E-state index in [1.54, 1.807) is 7.11 Å². The van der Waals surface area contributed by atoms with Crippen LogP contribution in [-0.4, -0.2) is 33.3 Å². The molecule has 1 atom stereocenters. The van der Waals surface area contributed by atoms with E-state index in [2.05, 4.69) is 35.3 Å². The Morgan fingerprint density at radius 2 is 2.22 bits per heavy atom.